The van der Waals surface area contributed by atoms with Crippen molar-refractivity contribution in [1.82, 2.24) is 5.32 Å². The van der Waals surface area contributed by atoms with Crippen LogP contribution in [0.25, 0.3) is 0 Å². The molecule has 0 heterocycles. The highest BCUT2D eigenvalue weighted by Gasteiger charge is 2.16. The van der Waals surface area contributed by atoms with Gasteiger partial charge in [0.2, 0.25) is 0 Å². The van der Waals surface area contributed by atoms with E-state index < -0.39 is 0 Å². The maximum atomic E-state index is 5.82. The summed E-state index contributed by atoms with van der Waals surface area (Å²) >= 11 is 0. The van der Waals surface area contributed by atoms with Gasteiger partial charge in [-0.05, 0) is 37.9 Å². The first-order valence-corrected chi connectivity index (χ1v) is 6.58. The van der Waals surface area contributed by atoms with E-state index in [0.717, 1.165) is 24.5 Å². The number of benzene rings is 1. The lowest BCUT2D eigenvalue weighted by Crippen LogP contribution is -2.28. The highest BCUT2D eigenvalue weighted by Crippen LogP contribution is 2.27. The Morgan fingerprint density at radius 2 is 1.72 bits per heavy atom. The van der Waals surface area contributed by atoms with Crippen LogP contribution in [0.5, 0.6) is 11.5 Å². The molecule has 0 aliphatic carbocycles. The van der Waals surface area contributed by atoms with Crippen molar-refractivity contribution >= 4 is 0 Å². The number of nitrogens with one attached hydrogen (secondary N) is 1. The molecule has 0 saturated heterocycles. The van der Waals surface area contributed by atoms with Gasteiger partial charge in [0.25, 0.3) is 0 Å². The fourth-order valence-corrected chi connectivity index (χ4v) is 1.85. The van der Waals surface area contributed by atoms with Gasteiger partial charge in [-0.2, -0.15) is 0 Å². The van der Waals surface area contributed by atoms with Gasteiger partial charge < -0.3 is 14.8 Å². The van der Waals surface area contributed by atoms with Crippen LogP contribution in [0.1, 0.15) is 27.2 Å². The number of hydrogen-bond acceptors (Lipinski definition) is 3. The molecule has 0 spiro atoms. The summed E-state index contributed by atoms with van der Waals surface area (Å²) in [6.07, 6.45) is 1.01. The van der Waals surface area contributed by atoms with Crippen molar-refractivity contribution in [2.45, 2.75) is 27.2 Å². The maximum Gasteiger partial charge on any atom is 0.161 e. The van der Waals surface area contributed by atoms with Crippen molar-refractivity contribution in [3.8, 4) is 11.5 Å². The summed E-state index contributed by atoms with van der Waals surface area (Å²) in [5, 5.41) is 3.21. The lowest BCUT2D eigenvalue weighted by atomic mass is 9.90. The van der Waals surface area contributed by atoms with Crippen molar-refractivity contribution in [3.63, 3.8) is 0 Å². The first-order valence-electron chi connectivity index (χ1n) is 6.58. The van der Waals surface area contributed by atoms with Crippen LogP contribution in [0.15, 0.2) is 24.3 Å². The Bertz CT molecular complexity index is 350. The molecule has 0 unspecified atom stereocenters. The smallest absolute Gasteiger partial charge is 0.161 e. The minimum atomic E-state index is 0.245. The molecule has 102 valence electrons. The average Bonchev–Trinajstić information content (AvgIpc) is 2.31. The maximum absolute atomic E-state index is 5.82. The molecule has 1 aromatic rings. The molecule has 0 radical (unpaired) electrons. The van der Waals surface area contributed by atoms with Crippen LogP contribution in [-0.4, -0.2) is 26.8 Å². The predicted molar refractivity (Wildman–Crippen MR) is 75.4 cm³/mol. The zero-order valence-electron chi connectivity index (χ0n) is 12.0. The second-order valence-electron chi connectivity index (χ2n) is 5.17. The van der Waals surface area contributed by atoms with E-state index in [-0.39, 0.29) is 5.41 Å². The van der Waals surface area contributed by atoms with Crippen LogP contribution >= 0.6 is 0 Å². The largest absolute Gasteiger partial charge is 0.490 e. The minimum Gasteiger partial charge on any atom is -0.490 e. The summed E-state index contributed by atoms with van der Waals surface area (Å²) in [5.74, 6) is 1.66. The highest BCUT2D eigenvalue weighted by atomic mass is 16.5. The summed E-state index contributed by atoms with van der Waals surface area (Å²) in [7, 11) is 1.98. The van der Waals surface area contributed by atoms with E-state index in [1.165, 1.54) is 0 Å². The third-order valence-corrected chi connectivity index (χ3v) is 2.84. The number of rotatable bonds is 8. The van der Waals surface area contributed by atoms with E-state index in [9.17, 15) is 0 Å². The van der Waals surface area contributed by atoms with E-state index in [2.05, 4.69) is 19.2 Å². The van der Waals surface area contributed by atoms with E-state index >= 15 is 0 Å². The zero-order chi connectivity index (χ0) is 13.4. The van der Waals surface area contributed by atoms with E-state index in [0.29, 0.717) is 13.2 Å². The van der Waals surface area contributed by atoms with Crippen LogP contribution in [0.3, 0.4) is 0 Å². The van der Waals surface area contributed by atoms with Crippen LogP contribution in [0.4, 0.5) is 0 Å². The van der Waals surface area contributed by atoms with E-state index in [4.69, 9.17) is 9.47 Å². The molecule has 0 aromatic heterocycles. The Kier molecular flexibility index (Phi) is 5.99. The lowest BCUT2D eigenvalue weighted by Gasteiger charge is -2.24. The van der Waals surface area contributed by atoms with Crippen molar-refractivity contribution < 1.29 is 9.47 Å². The predicted octanol–water partition coefficient (Wildman–Crippen LogP) is 3.10. The van der Waals surface area contributed by atoms with Crippen molar-refractivity contribution in [3.05, 3.63) is 24.3 Å². The molecule has 0 saturated carbocycles. The molecule has 3 nitrogen and oxygen atoms in total. The molecule has 3 heteroatoms. The van der Waals surface area contributed by atoms with Gasteiger partial charge >= 0.3 is 0 Å². The van der Waals surface area contributed by atoms with E-state index in [1.807, 2.05) is 38.2 Å². The summed E-state index contributed by atoms with van der Waals surface area (Å²) in [5.41, 5.74) is 0.245. The van der Waals surface area contributed by atoms with Crippen molar-refractivity contribution in [2.75, 3.05) is 26.8 Å². The molecule has 1 rings (SSSR count). The number of ether oxygens (including phenoxy) is 2. The van der Waals surface area contributed by atoms with Gasteiger partial charge in [0.05, 0.1) is 13.2 Å². The average molecular weight is 251 g/mol. The normalized spacial score (nSPS) is 11.3. The van der Waals surface area contributed by atoms with Gasteiger partial charge in [-0.3, -0.25) is 0 Å². The Morgan fingerprint density at radius 3 is 2.28 bits per heavy atom. The Hall–Kier alpha value is -1.22. The van der Waals surface area contributed by atoms with Gasteiger partial charge in [0, 0.05) is 6.54 Å². The number of para-hydroxylation sites is 2. The van der Waals surface area contributed by atoms with Gasteiger partial charge in [-0.25, -0.2) is 0 Å². The summed E-state index contributed by atoms with van der Waals surface area (Å²) in [6.45, 7) is 8.81. The molecule has 1 N–H and O–H groups in total. The first-order chi connectivity index (χ1) is 8.59. The molecule has 0 aliphatic heterocycles. The minimum absolute atomic E-state index is 0.245. The van der Waals surface area contributed by atoms with Gasteiger partial charge in [-0.15, -0.1) is 0 Å². The Labute approximate surface area is 110 Å². The van der Waals surface area contributed by atoms with Crippen molar-refractivity contribution in [2.24, 2.45) is 5.41 Å². The molecule has 0 bridgehead atoms. The standard InChI is InChI=1S/C15H25NO2/c1-5-17-13-8-6-7-9-14(13)18-11-10-15(2,3)12-16-4/h6-9,16H,5,10-12H2,1-4H3. The molecule has 1 aromatic carbocycles. The molecule has 0 atom stereocenters. The highest BCUT2D eigenvalue weighted by molar-refractivity contribution is 5.39. The second kappa shape index (κ2) is 7.27. The fourth-order valence-electron chi connectivity index (χ4n) is 1.85. The van der Waals surface area contributed by atoms with E-state index in [1.54, 1.807) is 0 Å². The first kappa shape index (κ1) is 14.8. The SMILES string of the molecule is CCOc1ccccc1OCCC(C)(C)CNC. The summed E-state index contributed by atoms with van der Waals surface area (Å²) in [4.78, 5) is 0. The topological polar surface area (TPSA) is 30.5 Å². The van der Waals surface area contributed by atoms with Gasteiger partial charge in [0.15, 0.2) is 11.5 Å². The molecule has 0 amide bonds. The third-order valence-electron chi connectivity index (χ3n) is 2.84. The molecule has 18 heavy (non-hydrogen) atoms. The van der Waals surface area contributed by atoms with Crippen LogP contribution < -0.4 is 14.8 Å². The van der Waals surface area contributed by atoms with Gasteiger partial charge in [0.1, 0.15) is 0 Å². The molecular weight excluding hydrogens is 226 g/mol. The quantitative estimate of drug-likeness (QED) is 0.770. The molecular formula is C15H25NO2. The van der Waals surface area contributed by atoms with Crippen LogP contribution in [0, 0.1) is 5.41 Å². The second-order valence-corrected chi connectivity index (χ2v) is 5.17. The monoisotopic (exact) mass is 251 g/mol. The zero-order valence-corrected chi connectivity index (χ0v) is 12.0. The molecule has 0 aliphatic rings. The summed E-state index contributed by atoms with van der Waals surface area (Å²) < 4.78 is 11.3. The van der Waals surface area contributed by atoms with Gasteiger partial charge in [-0.1, -0.05) is 26.0 Å². The Balaban J connectivity index is 2.48. The molecule has 0 fully saturated rings. The van der Waals surface area contributed by atoms with Crippen LogP contribution in [-0.2, 0) is 0 Å². The summed E-state index contributed by atoms with van der Waals surface area (Å²) in [6, 6.07) is 7.83. The lowest BCUT2D eigenvalue weighted by molar-refractivity contribution is 0.216. The fraction of sp³-hybridized carbons (Fsp3) is 0.600. The van der Waals surface area contributed by atoms with Crippen molar-refractivity contribution in [1.29, 1.82) is 0 Å². The Morgan fingerprint density at radius 1 is 1.11 bits per heavy atom. The van der Waals surface area contributed by atoms with Crippen LogP contribution in [0.2, 0.25) is 0 Å². The number of hydrogen-bond donors (Lipinski definition) is 1. The third kappa shape index (κ3) is 4.96.